The minimum absolute atomic E-state index is 0.00546. The Morgan fingerprint density at radius 1 is 1.06 bits per heavy atom. The molecule has 2 amide bonds. The summed E-state index contributed by atoms with van der Waals surface area (Å²) >= 11 is 0. The van der Waals surface area contributed by atoms with Gasteiger partial charge in [-0.15, -0.1) is 0 Å². The van der Waals surface area contributed by atoms with Crippen molar-refractivity contribution in [3.05, 3.63) is 42.3 Å². The topological polar surface area (TPSA) is 94.3 Å². The third-order valence-electron chi connectivity index (χ3n) is 6.83. The average Bonchev–Trinajstić information content (AvgIpc) is 3.51. The molecule has 3 aromatic rings. The molecule has 0 spiro atoms. The first-order valence-corrected chi connectivity index (χ1v) is 11.8. The minimum Gasteiger partial charge on any atom is -0.493 e. The number of piperidine rings is 1. The van der Waals surface area contributed by atoms with Crippen LogP contribution in [0.15, 0.2) is 40.8 Å². The van der Waals surface area contributed by atoms with Gasteiger partial charge in [0.15, 0.2) is 23.0 Å². The fourth-order valence-corrected chi connectivity index (χ4v) is 5.05. The van der Waals surface area contributed by atoms with E-state index in [0.29, 0.717) is 48.5 Å². The lowest BCUT2D eigenvalue weighted by molar-refractivity contribution is -0.137. The van der Waals surface area contributed by atoms with Crippen LogP contribution < -0.4 is 19.1 Å². The van der Waals surface area contributed by atoms with Gasteiger partial charge in [-0.1, -0.05) is 12.1 Å². The highest BCUT2D eigenvalue weighted by atomic mass is 16.5. The highest BCUT2D eigenvalue weighted by Gasteiger charge is 2.39. The second-order valence-corrected chi connectivity index (χ2v) is 8.93. The molecule has 2 aromatic carbocycles. The van der Waals surface area contributed by atoms with Gasteiger partial charge >= 0.3 is 0 Å². The Balaban J connectivity index is 1.31. The number of hydrogen-bond donors (Lipinski definition) is 0. The summed E-state index contributed by atoms with van der Waals surface area (Å²) in [7, 11) is 4.59. The molecule has 9 nitrogen and oxygen atoms in total. The molecule has 0 N–H and O–H groups in total. The molecule has 2 fully saturated rings. The number of benzene rings is 2. The minimum atomic E-state index is -0.413. The van der Waals surface area contributed by atoms with E-state index >= 15 is 0 Å². The molecule has 1 aromatic heterocycles. The summed E-state index contributed by atoms with van der Waals surface area (Å²) in [6.45, 7) is 1.52. The van der Waals surface area contributed by atoms with E-state index in [1.54, 1.807) is 17.0 Å². The first-order chi connectivity index (χ1) is 17.0. The molecule has 9 heteroatoms. The predicted molar refractivity (Wildman–Crippen MR) is 129 cm³/mol. The van der Waals surface area contributed by atoms with Crippen LogP contribution in [0, 0.1) is 5.92 Å². The number of hydrogen-bond acceptors (Lipinski definition) is 7. The van der Waals surface area contributed by atoms with Gasteiger partial charge in [0, 0.05) is 38.2 Å². The van der Waals surface area contributed by atoms with Gasteiger partial charge in [0.05, 0.1) is 38.9 Å². The lowest BCUT2D eigenvalue weighted by Gasteiger charge is -2.33. The summed E-state index contributed by atoms with van der Waals surface area (Å²) in [4.78, 5) is 34.5. The maximum Gasteiger partial charge on any atom is 0.228 e. The number of carbonyl (C=O) groups excluding carboxylic acids is 2. The van der Waals surface area contributed by atoms with Crippen LogP contribution in [-0.2, 0) is 9.59 Å². The van der Waals surface area contributed by atoms with Gasteiger partial charge in [-0.05, 0) is 25.0 Å². The maximum atomic E-state index is 13.4. The highest BCUT2D eigenvalue weighted by Crippen LogP contribution is 2.42. The highest BCUT2D eigenvalue weighted by molar-refractivity contribution is 6.00. The molecule has 2 aliphatic rings. The maximum absolute atomic E-state index is 13.4. The normalized spacial score (nSPS) is 20.4. The van der Waals surface area contributed by atoms with Gasteiger partial charge in [0.25, 0.3) is 0 Å². The quantitative estimate of drug-likeness (QED) is 0.533. The molecule has 184 valence electrons. The fourth-order valence-electron chi connectivity index (χ4n) is 5.05. The standard InChI is InChI=1S/C26H29N3O6/c1-32-21-12-18(13-22(33-2)24(21)34-3)29-15-17(11-23(29)30)26(31)28-10-6-7-16(14-28)25-27-19-8-4-5-9-20(19)35-25/h4-5,8-9,12-13,16-17H,6-7,10-11,14-15H2,1-3H3. The van der Waals surface area contributed by atoms with Gasteiger partial charge < -0.3 is 28.4 Å². The van der Waals surface area contributed by atoms with E-state index in [-0.39, 0.29) is 24.2 Å². The largest absolute Gasteiger partial charge is 0.493 e. The molecule has 0 saturated carbocycles. The Hall–Kier alpha value is -3.75. The summed E-state index contributed by atoms with van der Waals surface area (Å²) in [5.74, 6) is 1.57. The zero-order chi connectivity index (χ0) is 24.5. The summed E-state index contributed by atoms with van der Waals surface area (Å²) in [6.07, 6.45) is 1.95. The van der Waals surface area contributed by atoms with Crippen molar-refractivity contribution in [3.63, 3.8) is 0 Å². The summed E-state index contributed by atoms with van der Waals surface area (Å²) < 4.78 is 22.2. The number of anilines is 1. The lowest BCUT2D eigenvalue weighted by atomic mass is 9.96. The molecule has 2 unspecified atom stereocenters. The molecule has 3 heterocycles. The van der Waals surface area contributed by atoms with Crippen molar-refractivity contribution in [1.29, 1.82) is 0 Å². The zero-order valence-corrected chi connectivity index (χ0v) is 20.2. The van der Waals surface area contributed by atoms with Gasteiger partial charge in [0.1, 0.15) is 5.52 Å². The first kappa shape index (κ1) is 23.0. The third-order valence-corrected chi connectivity index (χ3v) is 6.83. The van der Waals surface area contributed by atoms with E-state index in [0.717, 1.165) is 23.9 Å². The van der Waals surface area contributed by atoms with Gasteiger partial charge in [-0.2, -0.15) is 0 Å². The van der Waals surface area contributed by atoms with Crippen LogP contribution >= 0.6 is 0 Å². The number of nitrogens with zero attached hydrogens (tertiary/aromatic N) is 3. The third kappa shape index (κ3) is 4.26. The molecular weight excluding hydrogens is 450 g/mol. The van der Waals surface area contributed by atoms with E-state index in [9.17, 15) is 9.59 Å². The second-order valence-electron chi connectivity index (χ2n) is 8.93. The number of likely N-dealkylation sites (tertiary alicyclic amines) is 1. The summed E-state index contributed by atoms with van der Waals surface area (Å²) in [5, 5.41) is 0. The molecule has 2 aliphatic heterocycles. The van der Waals surface area contributed by atoms with Crippen LogP contribution in [0.1, 0.15) is 31.1 Å². The summed E-state index contributed by atoms with van der Waals surface area (Å²) in [5.41, 5.74) is 2.20. The van der Waals surface area contributed by atoms with Crippen LogP contribution in [-0.4, -0.2) is 62.7 Å². The molecular formula is C26H29N3O6. The number of amides is 2. The van der Waals surface area contributed by atoms with E-state index in [4.69, 9.17) is 18.6 Å². The number of rotatable bonds is 6. The average molecular weight is 480 g/mol. The van der Waals surface area contributed by atoms with Gasteiger partial charge in [0.2, 0.25) is 17.6 Å². The van der Waals surface area contributed by atoms with Crippen molar-refractivity contribution in [1.82, 2.24) is 9.88 Å². The van der Waals surface area contributed by atoms with Crippen molar-refractivity contribution in [3.8, 4) is 17.2 Å². The number of oxazole rings is 1. The Labute approximate surface area is 203 Å². The Kier molecular flexibility index (Phi) is 6.23. The van der Waals surface area contributed by atoms with E-state index in [1.165, 1.54) is 21.3 Å². The smallest absolute Gasteiger partial charge is 0.228 e. The Morgan fingerprint density at radius 2 is 1.80 bits per heavy atom. The van der Waals surface area contributed by atoms with Gasteiger partial charge in [-0.25, -0.2) is 4.98 Å². The van der Waals surface area contributed by atoms with Gasteiger partial charge in [-0.3, -0.25) is 9.59 Å². The number of ether oxygens (including phenoxy) is 3. The van der Waals surface area contributed by atoms with Crippen LogP contribution in [0.3, 0.4) is 0 Å². The molecule has 0 radical (unpaired) electrons. The second kappa shape index (κ2) is 9.48. The molecule has 2 atom stereocenters. The lowest BCUT2D eigenvalue weighted by Crippen LogP contribution is -2.43. The molecule has 2 saturated heterocycles. The number of carbonyl (C=O) groups is 2. The molecule has 0 aliphatic carbocycles. The van der Waals surface area contributed by atoms with Crippen LogP contribution in [0.25, 0.3) is 11.1 Å². The SMILES string of the molecule is COc1cc(N2CC(C(=O)N3CCCC(c4nc5ccccc5o4)C3)CC2=O)cc(OC)c1OC. The van der Waals surface area contributed by atoms with Crippen molar-refractivity contribution in [2.24, 2.45) is 5.92 Å². The summed E-state index contributed by atoms with van der Waals surface area (Å²) in [6, 6.07) is 11.1. The molecule has 5 rings (SSSR count). The monoisotopic (exact) mass is 479 g/mol. The van der Waals surface area contributed by atoms with Crippen molar-refractivity contribution in [2.45, 2.75) is 25.2 Å². The van der Waals surface area contributed by atoms with E-state index in [1.807, 2.05) is 29.2 Å². The van der Waals surface area contributed by atoms with Crippen LogP contribution in [0.5, 0.6) is 17.2 Å². The number of fused-ring (bicyclic) bond motifs is 1. The van der Waals surface area contributed by atoms with Crippen LogP contribution in [0.2, 0.25) is 0 Å². The van der Waals surface area contributed by atoms with Crippen LogP contribution in [0.4, 0.5) is 5.69 Å². The van der Waals surface area contributed by atoms with E-state index < -0.39 is 5.92 Å². The van der Waals surface area contributed by atoms with Crippen molar-refractivity contribution in [2.75, 3.05) is 45.9 Å². The molecule has 35 heavy (non-hydrogen) atoms. The Bertz CT molecular complexity index is 1200. The first-order valence-electron chi connectivity index (χ1n) is 11.8. The molecule has 0 bridgehead atoms. The number of methoxy groups -OCH3 is 3. The van der Waals surface area contributed by atoms with Crippen molar-refractivity contribution >= 4 is 28.6 Å². The Morgan fingerprint density at radius 3 is 2.49 bits per heavy atom. The number of para-hydroxylation sites is 2. The zero-order valence-electron chi connectivity index (χ0n) is 20.2. The fraction of sp³-hybridized carbons (Fsp3) is 0.423. The number of aromatic nitrogens is 1. The van der Waals surface area contributed by atoms with E-state index in [2.05, 4.69) is 4.98 Å². The predicted octanol–water partition coefficient (Wildman–Crippen LogP) is 3.61. The van der Waals surface area contributed by atoms with Crippen molar-refractivity contribution < 1.29 is 28.2 Å².